The Labute approximate surface area is 125 Å². The Morgan fingerprint density at radius 3 is 2.52 bits per heavy atom. The van der Waals surface area contributed by atoms with E-state index in [1.54, 1.807) is 18.5 Å². The zero-order valence-electron chi connectivity index (χ0n) is 12.7. The van der Waals surface area contributed by atoms with Crippen LogP contribution in [0.3, 0.4) is 0 Å². The van der Waals surface area contributed by atoms with Crippen molar-refractivity contribution in [1.82, 2.24) is 15.3 Å². The quantitative estimate of drug-likeness (QED) is 0.840. The van der Waals surface area contributed by atoms with Crippen molar-refractivity contribution < 1.29 is 9.90 Å². The van der Waals surface area contributed by atoms with Crippen molar-refractivity contribution in [2.24, 2.45) is 11.8 Å². The van der Waals surface area contributed by atoms with E-state index >= 15 is 0 Å². The summed E-state index contributed by atoms with van der Waals surface area (Å²) in [6.07, 6.45) is 5.05. The normalized spacial score (nSPS) is 17.8. The molecule has 2 N–H and O–H groups in total. The molecule has 6 nitrogen and oxygen atoms in total. The van der Waals surface area contributed by atoms with Crippen molar-refractivity contribution >= 4 is 11.9 Å². The van der Waals surface area contributed by atoms with Gasteiger partial charge in [0.15, 0.2) is 0 Å². The van der Waals surface area contributed by atoms with Crippen molar-refractivity contribution in [3.05, 3.63) is 18.5 Å². The fraction of sp³-hybridized carbons (Fsp3) is 0.667. The van der Waals surface area contributed by atoms with Gasteiger partial charge in [0.25, 0.3) is 0 Å². The lowest BCUT2D eigenvalue weighted by Crippen LogP contribution is -2.47. The Hall–Kier alpha value is -1.69. The molecule has 1 atom stereocenters. The van der Waals surface area contributed by atoms with Crippen LogP contribution in [-0.2, 0) is 4.79 Å². The molecule has 0 saturated carbocycles. The molecule has 1 fully saturated rings. The van der Waals surface area contributed by atoms with Crippen LogP contribution in [0, 0.1) is 11.8 Å². The van der Waals surface area contributed by atoms with E-state index in [2.05, 4.69) is 20.2 Å². The Morgan fingerprint density at radius 1 is 1.38 bits per heavy atom. The number of nitrogens with zero attached hydrogens (tertiary/aromatic N) is 3. The predicted molar refractivity (Wildman–Crippen MR) is 80.8 cm³/mol. The van der Waals surface area contributed by atoms with Crippen LogP contribution in [-0.4, -0.2) is 46.7 Å². The van der Waals surface area contributed by atoms with E-state index in [9.17, 15) is 9.90 Å². The first-order valence-electron chi connectivity index (χ1n) is 7.55. The average Bonchev–Trinajstić information content (AvgIpc) is 2.53. The van der Waals surface area contributed by atoms with Crippen molar-refractivity contribution in [3.8, 4) is 0 Å². The third-order valence-corrected chi connectivity index (χ3v) is 4.03. The van der Waals surface area contributed by atoms with E-state index in [4.69, 9.17) is 0 Å². The lowest BCUT2D eigenvalue weighted by Gasteiger charge is -2.32. The molecule has 0 aromatic carbocycles. The summed E-state index contributed by atoms with van der Waals surface area (Å²) in [5, 5.41) is 12.2. The van der Waals surface area contributed by atoms with Gasteiger partial charge in [0.1, 0.15) is 0 Å². The first kappa shape index (κ1) is 15.7. The zero-order chi connectivity index (χ0) is 15.2. The van der Waals surface area contributed by atoms with Crippen molar-refractivity contribution in [2.45, 2.75) is 32.7 Å². The van der Waals surface area contributed by atoms with E-state index in [0.717, 1.165) is 31.9 Å². The van der Waals surface area contributed by atoms with Crippen molar-refractivity contribution in [1.29, 1.82) is 0 Å². The third kappa shape index (κ3) is 4.14. The summed E-state index contributed by atoms with van der Waals surface area (Å²) in [5.41, 5.74) is 0. The lowest BCUT2D eigenvalue weighted by atomic mass is 9.95. The number of aliphatic hydroxyl groups is 1. The van der Waals surface area contributed by atoms with Crippen LogP contribution < -0.4 is 10.2 Å². The maximum absolute atomic E-state index is 12.2. The summed E-state index contributed by atoms with van der Waals surface area (Å²) >= 11 is 0. The molecule has 2 rings (SSSR count). The molecule has 2 heterocycles. The van der Waals surface area contributed by atoms with Crippen LogP contribution in [0.1, 0.15) is 26.7 Å². The van der Waals surface area contributed by atoms with Gasteiger partial charge in [0.05, 0.1) is 12.6 Å². The Balaban J connectivity index is 1.85. The van der Waals surface area contributed by atoms with E-state index in [-0.39, 0.29) is 30.4 Å². The number of rotatable bonds is 5. The predicted octanol–water partition coefficient (Wildman–Crippen LogP) is 0.826. The second-order valence-corrected chi connectivity index (χ2v) is 5.85. The summed E-state index contributed by atoms with van der Waals surface area (Å²) < 4.78 is 0. The SMILES string of the molecule is CC(C)[C@H](CO)NC(=O)C1CCN(c2ncccn2)CC1. The minimum absolute atomic E-state index is 0.0118. The molecule has 1 aromatic rings. The molecule has 1 aliphatic heterocycles. The summed E-state index contributed by atoms with van der Waals surface area (Å²) in [6, 6.07) is 1.64. The molecule has 21 heavy (non-hydrogen) atoms. The van der Waals surface area contributed by atoms with Gasteiger partial charge in [0, 0.05) is 31.4 Å². The van der Waals surface area contributed by atoms with Gasteiger partial charge >= 0.3 is 0 Å². The number of carbonyl (C=O) groups excluding carboxylic acids is 1. The van der Waals surface area contributed by atoms with Gasteiger partial charge in [-0.15, -0.1) is 0 Å². The van der Waals surface area contributed by atoms with Crippen LogP contribution in [0.4, 0.5) is 5.95 Å². The van der Waals surface area contributed by atoms with Gasteiger partial charge < -0.3 is 15.3 Å². The maximum atomic E-state index is 12.2. The summed E-state index contributed by atoms with van der Waals surface area (Å²) in [6.45, 7) is 5.55. The molecule has 116 valence electrons. The largest absolute Gasteiger partial charge is 0.394 e. The number of carbonyl (C=O) groups is 1. The molecule has 1 amide bonds. The fourth-order valence-corrected chi connectivity index (χ4v) is 2.52. The Kier molecular flexibility index (Phi) is 5.50. The highest BCUT2D eigenvalue weighted by Crippen LogP contribution is 2.20. The summed E-state index contributed by atoms with van der Waals surface area (Å²) in [7, 11) is 0. The highest BCUT2D eigenvalue weighted by molar-refractivity contribution is 5.79. The lowest BCUT2D eigenvalue weighted by molar-refractivity contribution is -0.127. The Morgan fingerprint density at radius 2 is 2.00 bits per heavy atom. The molecule has 0 spiro atoms. The molecule has 0 aliphatic carbocycles. The molecular weight excluding hydrogens is 268 g/mol. The van der Waals surface area contributed by atoms with Gasteiger partial charge in [0.2, 0.25) is 11.9 Å². The average molecular weight is 292 g/mol. The number of hydrogen-bond donors (Lipinski definition) is 2. The van der Waals surface area contributed by atoms with Crippen molar-refractivity contribution in [3.63, 3.8) is 0 Å². The molecular formula is C15H24N4O2. The zero-order valence-corrected chi connectivity index (χ0v) is 12.7. The van der Waals surface area contributed by atoms with Gasteiger partial charge in [-0.2, -0.15) is 0 Å². The summed E-state index contributed by atoms with van der Waals surface area (Å²) in [5.74, 6) is 1.03. The van der Waals surface area contributed by atoms with Gasteiger partial charge in [-0.1, -0.05) is 13.8 Å². The topological polar surface area (TPSA) is 78.4 Å². The highest BCUT2D eigenvalue weighted by Gasteiger charge is 2.27. The summed E-state index contributed by atoms with van der Waals surface area (Å²) in [4.78, 5) is 22.8. The second-order valence-electron chi connectivity index (χ2n) is 5.85. The number of amides is 1. The number of aromatic nitrogens is 2. The number of nitrogens with one attached hydrogen (secondary N) is 1. The molecule has 1 saturated heterocycles. The highest BCUT2D eigenvalue weighted by atomic mass is 16.3. The number of piperidine rings is 1. The minimum Gasteiger partial charge on any atom is -0.394 e. The van der Waals surface area contributed by atoms with Gasteiger partial charge in [-0.05, 0) is 24.8 Å². The Bertz CT molecular complexity index is 444. The van der Waals surface area contributed by atoms with Crippen molar-refractivity contribution in [2.75, 3.05) is 24.6 Å². The third-order valence-electron chi connectivity index (χ3n) is 4.03. The monoisotopic (exact) mass is 292 g/mol. The number of aliphatic hydroxyl groups excluding tert-OH is 1. The molecule has 0 radical (unpaired) electrons. The number of hydrogen-bond acceptors (Lipinski definition) is 5. The molecule has 0 bridgehead atoms. The molecule has 1 aromatic heterocycles. The van der Waals surface area contributed by atoms with Crippen LogP contribution in [0.5, 0.6) is 0 Å². The first-order valence-corrected chi connectivity index (χ1v) is 7.55. The van der Waals surface area contributed by atoms with Crippen LogP contribution in [0.2, 0.25) is 0 Å². The second kappa shape index (κ2) is 7.36. The van der Waals surface area contributed by atoms with Gasteiger partial charge in [-0.25, -0.2) is 9.97 Å². The molecule has 0 unspecified atom stereocenters. The van der Waals surface area contributed by atoms with Crippen LogP contribution >= 0.6 is 0 Å². The smallest absolute Gasteiger partial charge is 0.225 e. The van der Waals surface area contributed by atoms with Crippen LogP contribution in [0.15, 0.2) is 18.5 Å². The molecule has 1 aliphatic rings. The molecule has 6 heteroatoms. The van der Waals surface area contributed by atoms with Crippen LogP contribution in [0.25, 0.3) is 0 Å². The van der Waals surface area contributed by atoms with E-state index in [1.165, 1.54) is 0 Å². The van der Waals surface area contributed by atoms with Gasteiger partial charge in [-0.3, -0.25) is 4.79 Å². The standard InChI is InChI=1S/C15H24N4O2/c1-11(2)13(10-20)18-14(21)12-4-8-19(9-5-12)15-16-6-3-7-17-15/h3,6-7,11-13,20H,4-5,8-10H2,1-2H3,(H,18,21)/t13-/m0/s1. The fourth-order valence-electron chi connectivity index (χ4n) is 2.52. The maximum Gasteiger partial charge on any atom is 0.225 e. The van der Waals surface area contributed by atoms with E-state index < -0.39 is 0 Å². The first-order chi connectivity index (χ1) is 10.1. The number of anilines is 1. The van der Waals surface area contributed by atoms with E-state index in [0.29, 0.717) is 0 Å². The van der Waals surface area contributed by atoms with E-state index in [1.807, 2.05) is 13.8 Å². The minimum atomic E-state index is -0.159.